The summed E-state index contributed by atoms with van der Waals surface area (Å²) in [5.41, 5.74) is 0.729. The van der Waals surface area contributed by atoms with Crippen LogP contribution < -0.4 is 5.32 Å². The summed E-state index contributed by atoms with van der Waals surface area (Å²) in [6, 6.07) is 6.62. The monoisotopic (exact) mass is 250 g/mol. The molecule has 1 N–H and O–H groups in total. The molecule has 90 valence electrons. The Morgan fingerprint density at radius 2 is 2.35 bits per heavy atom. The molecule has 1 aromatic carbocycles. The first-order chi connectivity index (χ1) is 8.31. The standard InChI is InChI=1S/C13H15FN2S/c14-12-5-3-6-13(11(12)8-15)16-9-10-4-1-2-7-17-10/h3,5-6,10,16H,1-2,4,7,9H2. The maximum Gasteiger partial charge on any atom is 0.143 e. The van der Waals surface area contributed by atoms with Gasteiger partial charge < -0.3 is 5.32 Å². The van der Waals surface area contributed by atoms with Crippen LogP contribution in [0.3, 0.4) is 0 Å². The highest BCUT2D eigenvalue weighted by Crippen LogP contribution is 2.26. The Morgan fingerprint density at radius 1 is 1.47 bits per heavy atom. The second-order valence-electron chi connectivity index (χ2n) is 4.14. The molecule has 1 aromatic rings. The molecule has 4 heteroatoms. The van der Waals surface area contributed by atoms with Gasteiger partial charge in [-0.15, -0.1) is 0 Å². The van der Waals surface area contributed by atoms with Crippen LogP contribution in [0.15, 0.2) is 18.2 Å². The van der Waals surface area contributed by atoms with Crippen molar-refractivity contribution in [1.82, 2.24) is 0 Å². The lowest BCUT2D eigenvalue weighted by molar-refractivity contribution is 0.624. The molecular weight excluding hydrogens is 235 g/mol. The number of nitrogens with zero attached hydrogens (tertiary/aromatic N) is 1. The largest absolute Gasteiger partial charge is 0.383 e. The Labute approximate surface area is 105 Å². The van der Waals surface area contributed by atoms with E-state index in [1.807, 2.05) is 17.8 Å². The van der Waals surface area contributed by atoms with Gasteiger partial charge in [-0.2, -0.15) is 17.0 Å². The number of rotatable bonds is 3. The Hall–Kier alpha value is -1.21. The van der Waals surface area contributed by atoms with Gasteiger partial charge in [-0.3, -0.25) is 0 Å². The first-order valence-electron chi connectivity index (χ1n) is 5.85. The average molecular weight is 250 g/mol. The van der Waals surface area contributed by atoms with Crippen LogP contribution in [0.5, 0.6) is 0 Å². The second-order valence-corrected chi connectivity index (χ2v) is 5.55. The normalized spacial score (nSPS) is 19.6. The molecule has 1 saturated heterocycles. The van der Waals surface area contributed by atoms with Gasteiger partial charge in [-0.05, 0) is 30.7 Å². The van der Waals surface area contributed by atoms with Gasteiger partial charge in [0, 0.05) is 11.8 Å². The minimum Gasteiger partial charge on any atom is -0.383 e. The van der Waals surface area contributed by atoms with Crippen LogP contribution in [-0.2, 0) is 0 Å². The molecule has 0 spiro atoms. The van der Waals surface area contributed by atoms with Gasteiger partial charge in [0.1, 0.15) is 17.4 Å². The van der Waals surface area contributed by atoms with Crippen LogP contribution in [-0.4, -0.2) is 17.5 Å². The molecule has 0 radical (unpaired) electrons. The van der Waals surface area contributed by atoms with Crippen LogP contribution in [0.2, 0.25) is 0 Å². The molecular formula is C13H15FN2S. The average Bonchev–Trinajstić information content (AvgIpc) is 2.37. The molecule has 17 heavy (non-hydrogen) atoms. The summed E-state index contributed by atoms with van der Waals surface area (Å²) in [4.78, 5) is 0. The molecule has 0 saturated carbocycles. The fourth-order valence-electron chi connectivity index (χ4n) is 1.98. The van der Waals surface area contributed by atoms with Crippen molar-refractivity contribution in [2.24, 2.45) is 0 Å². The molecule has 0 amide bonds. The zero-order valence-corrected chi connectivity index (χ0v) is 10.4. The van der Waals surface area contributed by atoms with Crippen LogP contribution in [0.4, 0.5) is 10.1 Å². The van der Waals surface area contributed by atoms with Crippen LogP contribution in [0.1, 0.15) is 24.8 Å². The molecule has 1 unspecified atom stereocenters. The summed E-state index contributed by atoms with van der Waals surface area (Å²) in [7, 11) is 0. The maximum absolute atomic E-state index is 13.3. The molecule has 1 heterocycles. The summed E-state index contributed by atoms with van der Waals surface area (Å²) in [6.45, 7) is 0.808. The van der Waals surface area contributed by atoms with Crippen molar-refractivity contribution in [3.05, 3.63) is 29.6 Å². The van der Waals surface area contributed by atoms with Crippen molar-refractivity contribution >= 4 is 17.4 Å². The third-order valence-corrected chi connectivity index (χ3v) is 4.32. The van der Waals surface area contributed by atoms with Crippen LogP contribution >= 0.6 is 11.8 Å². The van der Waals surface area contributed by atoms with E-state index in [2.05, 4.69) is 5.32 Å². The number of nitrogens with one attached hydrogen (secondary N) is 1. The Balaban J connectivity index is 1.99. The zero-order chi connectivity index (χ0) is 12.1. The van der Waals surface area contributed by atoms with E-state index in [1.165, 1.54) is 31.1 Å². The minimum atomic E-state index is -0.450. The lowest BCUT2D eigenvalue weighted by atomic mass is 10.1. The van der Waals surface area contributed by atoms with E-state index in [1.54, 1.807) is 12.1 Å². The van der Waals surface area contributed by atoms with Crippen molar-refractivity contribution in [3.8, 4) is 6.07 Å². The predicted octanol–water partition coefficient (Wildman–Crippen LogP) is 3.39. The van der Waals surface area contributed by atoms with Crippen molar-refractivity contribution < 1.29 is 4.39 Å². The van der Waals surface area contributed by atoms with E-state index in [-0.39, 0.29) is 5.56 Å². The zero-order valence-electron chi connectivity index (χ0n) is 9.58. The van der Waals surface area contributed by atoms with E-state index in [0.717, 1.165) is 6.54 Å². The molecule has 1 aliphatic rings. The first-order valence-corrected chi connectivity index (χ1v) is 6.90. The topological polar surface area (TPSA) is 35.8 Å². The van der Waals surface area contributed by atoms with Gasteiger partial charge in [0.25, 0.3) is 0 Å². The van der Waals surface area contributed by atoms with Gasteiger partial charge in [-0.25, -0.2) is 4.39 Å². The van der Waals surface area contributed by atoms with E-state index in [0.29, 0.717) is 10.9 Å². The molecule has 0 aromatic heterocycles. The Morgan fingerprint density at radius 3 is 3.06 bits per heavy atom. The molecule has 0 bridgehead atoms. The fraction of sp³-hybridized carbons (Fsp3) is 0.462. The van der Waals surface area contributed by atoms with E-state index in [9.17, 15) is 4.39 Å². The maximum atomic E-state index is 13.3. The lowest BCUT2D eigenvalue weighted by Gasteiger charge is -2.22. The first kappa shape index (κ1) is 12.3. The molecule has 1 fully saturated rings. The van der Waals surface area contributed by atoms with Crippen molar-refractivity contribution in [2.75, 3.05) is 17.6 Å². The van der Waals surface area contributed by atoms with Crippen molar-refractivity contribution in [2.45, 2.75) is 24.5 Å². The number of thioether (sulfide) groups is 1. The van der Waals surface area contributed by atoms with E-state index >= 15 is 0 Å². The Kier molecular flexibility index (Phi) is 4.27. The van der Waals surface area contributed by atoms with E-state index < -0.39 is 5.82 Å². The van der Waals surface area contributed by atoms with Crippen LogP contribution in [0.25, 0.3) is 0 Å². The van der Waals surface area contributed by atoms with Crippen molar-refractivity contribution in [1.29, 1.82) is 5.26 Å². The van der Waals surface area contributed by atoms with Crippen LogP contribution in [0, 0.1) is 17.1 Å². The molecule has 0 aliphatic carbocycles. The van der Waals surface area contributed by atoms with Gasteiger partial charge >= 0.3 is 0 Å². The molecule has 1 atom stereocenters. The number of hydrogen-bond acceptors (Lipinski definition) is 3. The summed E-state index contributed by atoms with van der Waals surface area (Å²) < 4.78 is 13.3. The highest BCUT2D eigenvalue weighted by Gasteiger charge is 2.14. The van der Waals surface area contributed by atoms with Gasteiger partial charge in [-0.1, -0.05) is 12.5 Å². The summed E-state index contributed by atoms with van der Waals surface area (Å²) >= 11 is 1.96. The van der Waals surface area contributed by atoms with Gasteiger partial charge in [0.15, 0.2) is 0 Å². The fourth-order valence-corrected chi connectivity index (χ4v) is 3.22. The number of halogens is 1. The SMILES string of the molecule is N#Cc1c(F)cccc1NCC1CCCCS1. The molecule has 1 aliphatic heterocycles. The lowest BCUT2D eigenvalue weighted by Crippen LogP contribution is -2.20. The van der Waals surface area contributed by atoms with Gasteiger partial charge in [0.05, 0.1) is 5.69 Å². The van der Waals surface area contributed by atoms with Crippen molar-refractivity contribution in [3.63, 3.8) is 0 Å². The van der Waals surface area contributed by atoms with E-state index in [4.69, 9.17) is 5.26 Å². The third kappa shape index (κ3) is 3.13. The third-order valence-electron chi connectivity index (χ3n) is 2.92. The highest BCUT2D eigenvalue weighted by atomic mass is 32.2. The smallest absolute Gasteiger partial charge is 0.143 e. The summed E-state index contributed by atoms with van der Waals surface area (Å²) in [5, 5.41) is 12.7. The number of anilines is 1. The predicted molar refractivity (Wildman–Crippen MR) is 69.7 cm³/mol. The Bertz CT molecular complexity index is 422. The number of hydrogen-bond donors (Lipinski definition) is 1. The van der Waals surface area contributed by atoms with Gasteiger partial charge in [0.2, 0.25) is 0 Å². The number of benzene rings is 1. The quantitative estimate of drug-likeness (QED) is 0.893. The highest BCUT2D eigenvalue weighted by molar-refractivity contribution is 7.99. The molecule has 2 rings (SSSR count). The summed E-state index contributed by atoms with van der Waals surface area (Å²) in [5.74, 6) is 0.759. The minimum absolute atomic E-state index is 0.119. The second kappa shape index (κ2) is 5.92. The molecule has 2 nitrogen and oxygen atoms in total. The summed E-state index contributed by atoms with van der Waals surface area (Å²) in [6.07, 6.45) is 3.77. The number of nitriles is 1.